The van der Waals surface area contributed by atoms with Crippen molar-refractivity contribution in [3.8, 4) is 16.8 Å². The molecule has 4 aliphatic rings. The zero-order valence-corrected chi connectivity index (χ0v) is 33.1. The Hall–Kier alpha value is -6.98. The third-order valence-corrected chi connectivity index (χ3v) is 13.1. The van der Waals surface area contributed by atoms with Crippen molar-refractivity contribution in [1.82, 2.24) is 9.88 Å². The Kier molecular flexibility index (Phi) is 7.52. The van der Waals surface area contributed by atoms with Gasteiger partial charge in [0.05, 0.1) is 11.0 Å². The van der Waals surface area contributed by atoms with Crippen LogP contribution < -0.4 is 5.32 Å². The fourth-order valence-electron chi connectivity index (χ4n) is 10.3. The summed E-state index contributed by atoms with van der Waals surface area (Å²) in [5, 5.41) is 8.41. The Bertz CT molecular complexity index is 3250. The number of benzene rings is 6. The molecule has 0 radical (unpaired) electrons. The Labute approximate surface area is 343 Å². The lowest BCUT2D eigenvalue weighted by atomic mass is 9.77. The van der Waals surface area contributed by atoms with Crippen LogP contribution in [0.25, 0.3) is 60.6 Å². The third kappa shape index (κ3) is 5.24. The van der Waals surface area contributed by atoms with Crippen molar-refractivity contribution in [1.29, 1.82) is 0 Å². The van der Waals surface area contributed by atoms with E-state index >= 15 is 0 Å². The van der Waals surface area contributed by atoms with E-state index in [4.69, 9.17) is 14.4 Å². The molecule has 59 heavy (non-hydrogen) atoms. The Morgan fingerprint density at radius 1 is 0.712 bits per heavy atom. The first-order chi connectivity index (χ1) is 29.0. The summed E-state index contributed by atoms with van der Waals surface area (Å²) in [6.45, 7) is 4.74. The summed E-state index contributed by atoms with van der Waals surface area (Å²) >= 11 is 0. The second-order valence-corrected chi connectivity index (χ2v) is 16.8. The van der Waals surface area contributed by atoms with Crippen LogP contribution in [0.5, 0.6) is 0 Å². The third-order valence-electron chi connectivity index (χ3n) is 13.1. The second kappa shape index (κ2) is 13.0. The van der Waals surface area contributed by atoms with Crippen molar-refractivity contribution in [2.45, 2.75) is 50.6 Å². The highest BCUT2D eigenvalue weighted by molar-refractivity contribution is 6.22. The van der Waals surface area contributed by atoms with Gasteiger partial charge in [0.1, 0.15) is 23.2 Å². The number of furan rings is 1. The van der Waals surface area contributed by atoms with E-state index in [0.717, 1.165) is 80.7 Å². The van der Waals surface area contributed by atoms with Crippen LogP contribution in [0, 0.1) is 0 Å². The smallest absolute Gasteiger partial charge is 0.159 e. The number of allylic oxidation sites excluding steroid dienone is 4. The normalized spacial score (nSPS) is 19.5. The zero-order chi connectivity index (χ0) is 39.2. The molecule has 0 amide bonds. The minimum Gasteiger partial charge on any atom is -0.456 e. The fourth-order valence-corrected chi connectivity index (χ4v) is 10.3. The van der Waals surface area contributed by atoms with E-state index in [2.05, 4.69) is 188 Å². The molecular weight excluding hydrogens is 721 g/mol. The lowest BCUT2D eigenvalue weighted by Gasteiger charge is -2.31. The summed E-state index contributed by atoms with van der Waals surface area (Å²) in [4.78, 5) is 10.6. The van der Waals surface area contributed by atoms with Crippen LogP contribution in [0.2, 0.25) is 0 Å². The maximum atomic E-state index is 6.76. The molecule has 2 unspecified atom stereocenters. The fraction of sp³-hybridized carbons (Fsp3) is 0.148. The molecule has 2 aromatic heterocycles. The number of amidine groups is 2. The number of hydrogen-bond donors (Lipinski definition) is 1. The SMILES string of the molecule is CC1(C)C2=CC(C3N=C(C4=CCCC=C4)N=C(c4cccc5oc6cc(-n7c8ccccc8c8c(-c9ccccc9)cccc87)ccc6c45)N3)=CCC2c2ccccc21. The first kappa shape index (κ1) is 34.1. The lowest BCUT2D eigenvalue weighted by Crippen LogP contribution is -2.40. The molecule has 0 fully saturated rings. The molecule has 1 N–H and O–H groups in total. The van der Waals surface area contributed by atoms with Gasteiger partial charge >= 0.3 is 0 Å². The van der Waals surface area contributed by atoms with Gasteiger partial charge in [-0.25, -0.2) is 9.98 Å². The molecule has 2 atom stereocenters. The molecule has 284 valence electrons. The van der Waals surface area contributed by atoms with Crippen LogP contribution in [0.15, 0.2) is 195 Å². The molecule has 0 bridgehead atoms. The van der Waals surface area contributed by atoms with Gasteiger partial charge in [-0.2, -0.15) is 0 Å². The van der Waals surface area contributed by atoms with Gasteiger partial charge < -0.3 is 14.3 Å². The highest BCUT2D eigenvalue weighted by Crippen LogP contribution is 2.53. The molecule has 0 spiro atoms. The van der Waals surface area contributed by atoms with Gasteiger partial charge in [-0.05, 0) is 77.4 Å². The maximum absolute atomic E-state index is 6.76. The highest BCUT2D eigenvalue weighted by Gasteiger charge is 2.42. The monoisotopic (exact) mass is 762 g/mol. The molecule has 1 aliphatic heterocycles. The summed E-state index contributed by atoms with van der Waals surface area (Å²) in [5.74, 6) is 1.98. The molecule has 3 aliphatic carbocycles. The van der Waals surface area contributed by atoms with Gasteiger partial charge in [-0.15, -0.1) is 0 Å². The molecule has 12 rings (SSSR count). The Morgan fingerprint density at radius 3 is 2.42 bits per heavy atom. The molecule has 3 heterocycles. The van der Waals surface area contributed by atoms with Gasteiger partial charge in [0.15, 0.2) is 5.84 Å². The van der Waals surface area contributed by atoms with Crippen LogP contribution in [0.3, 0.4) is 0 Å². The van der Waals surface area contributed by atoms with E-state index in [1.165, 1.54) is 44.2 Å². The molecule has 0 saturated carbocycles. The topological polar surface area (TPSA) is 54.8 Å². The number of aliphatic imine (C=N–C) groups is 2. The highest BCUT2D eigenvalue weighted by atomic mass is 16.3. The van der Waals surface area contributed by atoms with Crippen LogP contribution >= 0.6 is 0 Å². The van der Waals surface area contributed by atoms with Gasteiger partial charge in [-0.3, -0.25) is 0 Å². The van der Waals surface area contributed by atoms with Gasteiger partial charge in [0, 0.05) is 55.8 Å². The van der Waals surface area contributed by atoms with Crippen molar-refractivity contribution in [2.75, 3.05) is 0 Å². The van der Waals surface area contributed by atoms with Gasteiger partial charge in [0.2, 0.25) is 0 Å². The number of aromatic nitrogens is 1. The quantitative estimate of drug-likeness (QED) is 0.190. The number of hydrogen-bond acceptors (Lipinski definition) is 4. The Morgan fingerprint density at radius 2 is 1.53 bits per heavy atom. The van der Waals surface area contributed by atoms with E-state index in [9.17, 15) is 0 Å². The molecule has 0 saturated heterocycles. The van der Waals surface area contributed by atoms with E-state index in [0.29, 0.717) is 5.92 Å². The lowest BCUT2D eigenvalue weighted by molar-refractivity contribution is 0.602. The maximum Gasteiger partial charge on any atom is 0.159 e. The summed E-state index contributed by atoms with van der Waals surface area (Å²) in [7, 11) is 0. The first-order valence-corrected chi connectivity index (χ1v) is 20.9. The van der Waals surface area contributed by atoms with Crippen LogP contribution in [0.1, 0.15) is 55.7 Å². The van der Waals surface area contributed by atoms with Crippen LogP contribution in [0.4, 0.5) is 0 Å². The van der Waals surface area contributed by atoms with E-state index in [1.807, 2.05) is 0 Å². The van der Waals surface area contributed by atoms with Crippen molar-refractivity contribution >= 4 is 55.4 Å². The number of para-hydroxylation sites is 1. The molecule has 6 aromatic carbocycles. The predicted octanol–water partition coefficient (Wildman–Crippen LogP) is 13.0. The molecule has 5 heteroatoms. The molecular formula is C54H42N4O. The number of nitrogens with zero attached hydrogens (tertiary/aromatic N) is 3. The summed E-state index contributed by atoms with van der Waals surface area (Å²) in [5.41, 5.74) is 15.1. The average molecular weight is 763 g/mol. The number of rotatable bonds is 5. The minimum atomic E-state index is -0.280. The second-order valence-electron chi connectivity index (χ2n) is 16.8. The van der Waals surface area contributed by atoms with E-state index in [1.54, 1.807) is 0 Å². The predicted molar refractivity (Wildman–Crippen MR) is 244 cm³/mol. The first-order valence-electron chi connectivity index (χ1n) is 20.9. The standard InChI is InChI=1S/C54H42N4O/c1-54(2)43-23-11-9-19-38(43)39-29-27-35(31-44(39)54)52-55-51(34-17-7-4-8-18-34)56-53(57-52)42-22-14-26-47-50(42)41-30-28-36(32-48(41)59-47)58-45-24-12-10-20-40(45)49-37(21-13-25-46(49)58)33-15-5-3-6-16-33/h3,5-7,9-28,30-32,39,52H,4,8,29H2,1-2H3,(H,55,56,57). The van der Waals surface area contributed by atoms with Crippen molar-refractivity contribution in [2.24, 2.45) is 9.98 Å². The summed E-state index contributed by atoms with van der Waals surface area (Å²) < 4.78 is 9.13. The van der Waals surface area contributed by atoms with E-state index in [-0.39, 0.29) is 11.6 Å². The average Bonchev–Trinajstić information content (AvgIpc) is 3.92. The van der Waals surface area contributed by atoms with E-state index < -0.39 is 0 Å². The van der Waals surface area contributed by atoms with Crippen LogP contribution in [-0.4, -0.2) is 22.4 Å². The van der Waals surface area contributed by atoms with Crippen molar-refractivity contribution < 1.29 is 4.42 Å². The zero-order valence-electron chi connectivity index (χ0n) is 33.1. The van der Waals surface area contributed by atoms with Crippen molar-refractivity contribution in [3.63, 3.8) is 0 Å². The summed E-state index contributed by atoms with van der Waals surface area (Å²) in [6.07, 6.45) is 14.2. The van der Waals surface area contributed by atoms with Gasteiger partial charge in [-0.1, -0.05) is 147 Å². The largest absolute Gasteiger partial charge is 0.456 e. The molecule has 8 aromatic rings. The number of nitrogens with one attached hydrogen (secondary N) is 1. The number of fused-ring (bicyclic) bond motifs is 9. The Balaban J connectivity index is 0.975. The summed E-state index contributed by atoms with van der Waals surface area (Å²) in [6, 6.07) is 47.9. The molecule has 5 nitrogen and oxygen atoms in total. The van der Waals surface area contributed by atoms with Gasteiger partial charge in [0.25, 0.3) is 0 Å². The van der Waals surface area contributed by atoms with Crippen molar-refractivity contribution in [3.05, 3.63) is 197 Å². The van der Waals surface area contributed by atoms with Crippen LogP contribution in [-0.2, 0) is 5.41 Å². The minimum absolute atomic E-state index is 0.0445.